The molecule has 0 atom stereocenters. The van der Waals surface area contributed by atoms with Gasteiger partial charge in [0, 0.05) is 6.54 Å². The van der Waals surface area contributed by atoms with Gasteiger partial charge in [0.15, 0.2) is 28.5 Å². The van der Waals surface area contributed by atoms with Crippen molar-refractivity contribution in [2.24, 2.45) is 5.73 Å². The number of nitrogens with zero attached hydrogens (tertiary/aromatic N) is 11. The summed E-state index contributed by atoms with van der Waals surface area (Å²) in [5, 5.41) is 46.6. The van der Waals surface area contributed by atoms with E-state index in [2.05, 4.69) is 29.9 Å². The van der Waals surface area contributed by atoms with Crippen molar-refractivity contribution in [3.8, 4) is 30.3 Å². The van der Waals surface area contributed by atoms with E-state index in [1.165, 1.54) is 0 Å². The lowest BCUT2D eigenvalue weighted by atomic mass is 10.1. The van der Waals surface area contributed by atoms with E-state index >= 15 is 0 Å². The van der Waals surface area contributed by atoms with Crippen LogP contribution in [0.3, 0.4) is 0 Å². The third-order valence-corrected chi connectivity index (χ3v) is 4.16. The van der Waals surface area contributed by atoms with E-state index in [4.69, 9.17) is 5.73 Å². The van der Waals surface area contributed by atoms with Crippen LogP contribution in [0.5, 0.6) is 0 Å². The molecule has 12 nitrogen and oxygen atoms in total. The highest BCUT2D eigenvalue weighted by atomic mass is 14.9. The van der Waals surface area contributed by atoms with Crippen LogP contribution in [0.25, 0.3) is 33.1 Å². The topological polar surface area (TPSA) is 222 Å². The van der Waals surface area contributed by atoms with Crippen molar-refractivity contribution < 1.29 is 0 Å². The van der Waals surface area contributed by atoms with Crippen LogP contribution < -0.4 is 5.73 Å². The molecule has 4 aromatic rings. The lowest BCUT2D eigenvalue weighted by Crippen LogP contribution is -2.08. The quantitative estimate of drug-likeness (QED) is 0.435. The first-order valence-electron chi connectivity index (χ1n) is 8.06. The predicted molar refractivity (Wildman–Crippen MR) is 97.2 cm³/mol. The molecular weight excluding hydrogens is 384 g/mol. The zero-order chi connectivity index (χ0) is 21.4. The largest absolute Gasteiger partial charge is 0.325 e. The molecule has 0 aliphatic rings. The van der Waals surface area contributed by atoms with Crippen LogP contribution >= 0.6 is 0 Å². The maximum absolute atomic E-state index is 9.38. The molecule has 0 saturated heterocycles. The molecule has 0 amide bonds. The highest BCUT2D eigenvalue weighted by molar-refractivity contribution is 6.18. The van der Waals surface area contributed by atoms with Crippen molar-refractivity contribution >= 4 is 33.1 Å². The monoisotopic (exact) mass is 388 g/mol. The number of nitriles is 5. The maximum atomic E-state index is 9.38. The van der Waals surface area contributed by atoms with E-state index in [1.54, 1.807) is 24.3 Å². The van der Waals surface area contributed by atoms with Crippen LogP contribution in [-0.2, 0) is 6.54 Å². The average Bonchev–Trinajstić information content (AvgIpc) is 2.81. The fourth-order valence-corrected chi connectivity index (χ4v) is 2.88. The summed E-state index contributed by atoms with van der Waals surface area (Å²) in [7, 11) is 0. The fraction of sp³-hybridized carbons (Fsp3) is 0.0556. The SMILES string of the molecule is N#Cc1nc2c3nc(C#N)c(C#N)nc3c3nc(CN)c(C#N)nc3c2nc1C#N. The second-order valence-corrected chi connectivity index (χ2v) is 5.72. The Morgan fingerprint density at radius 3 is 1.00 bits per heavy atom. The van der Waals surface area contributed by atoms with Gasteiger partial charge in [-0.1, -0.05) is 0 Å². The number of hydrogen-bond donors (Lipinski definition) is 1. The molecule has 0 aliphatic carbocycles. The molecule has 0 fully saturated rings. The first-order valence-corrected chi connectivity index (χ1v) is 8.06. The first kappa shape index (κ1) is 18.0. The van der Waals surface area contributed by atoms with Gasteiger partial charge in [-0.2, -0.15) is 26.3 Å². The summed E-state index contributed by atoms with van der Waals surface area (Å²) in [6.07, 6.45) is 0. The van der Waals surface area contributed by atoms with Crippen molar-refractivity contribution in [3.05, 3.63) is 34.2 Å². The normalized spacial score (nSPS) is 10.1. The van der Waals surface area contributed by atoms with Gasteiger partial charge in [0.1, 0.15) is 63.4 Å². The van der Waals surface area contributed by atoms with Gasteiger partial charge >= 0.3 is 0 Å². The maximum Gasteiger partial charge on any atom is 0.177 e. The Hall–Kier alpha value is -5.35. The lowest BCUT2D eigenvalue weighted by Gasteiger charge is -2.10. The molecule has 3 heterocycles. The number of nitrogens with two attached hydrogens (primary N) is 1. The lowest BCUT2D eigenvalue weighted by molar-refractivity contribution is 0.974. The van der Waals surface area contributed by atoms with Crippen molar-refractivity contribution in [1.82, 2.24) is 29.9 Å². The van der Waals surface area contributed by atoms with Gasteiger partial charge in [-0.25, -0.2) is 29.9 Å². The Morgan fingerprint density at radius 1 is 0.467 bits per heavy atom. The van der Waals surface area contributed by atoms with E-state index in [0.29, 0.717) is 0 Å². The minimum absolute atomic E-state index is 0.0280. The molecule has 30 heavy (non-hydrogen) atoms. The zero-order valence-corrected chi connectivity index (χ0v) is 14.7. The van der Waals surface area contributed by atoms with Crippen molar-refractivity contribution in [2.45, 2.75) is 6.54 Å². The molecule has 0 saturated carbocycles. The van der Waals surface area contributed by atoms with Gasteiger partial charge < -0.3 is 5.73 Å². The van der Waals surface area contributed by atoms with E-state index in [1.807, 2.05) is 6.07 Å². The Labute approximate surface area is 166 Å². The molecule has 1 aromatic carbocycles. The summed E-state index contributed by atoms with van der Waals surface area (Å²) in [5.41, 5.74) is 5.16. The average molecular weight is 388 g/mol. The number of aromatic nitrogens is 6. The third kappa shape index (κ3) is 2.39. The number of fused-ring (bicyclic) bond motifs is 6. The zero-order valence-electron chi connectivity index (χ0n) is 14.7. The highest BCUT2D eigenvalue weighted by Gasteiger charge is 2.22. The fourth-order valence-electron chi connectivity index (χ4n) is 2.88. The molecule has 4 rings (SSSR count). The van der Waals surface area contributed by atoms with Gasteiger partial charge in [-0.15, -0.1) is 0 Å². The second kappa shape index (κ2) is 6.67. The van der Waals surface area contributed by atoms with Crippen LogP contribution in [0.4, 0.5) is 0 Å². The Bertz CT molecular complexity index is 1580. The van der Waals surface area contributed by atoms with Crippen molar-refractivity contribution in [1.29, 1.82) is 26.3 Å². The molecule has 0 unspecified atom stereocenters. The summed E-state index contributed by atoms with van der Waals surface area (Å²) < 4.78 is 0. The minimum atomic E-state index is -0.262. The Morgan fingerprint density at radius 2 is 0.733 bits per heavy atom. The van der Waals surface area contributed by atoms with Gasteiger partial charge in [-0.05, 0) is 0 Å². The molecule has 2 N–H and O–H groups in total. The first-order chi connectivity index (χ1) is 14.6. The molecular formula is C18H4N12. The summed E-state index contributed by atoms with van der Waals surface area (Å²) in [4.78, 5) is 25.3. The van der Waals surface area contributed by atoms with E-state index in [-0.39, 0.29) is 73.8 Å². The minimum Gasteiger partial charge on any atom is -0.325 e. The Balaban J connectivity index is 2.40. The van der Waals surface area contributed by atoms with Crippen LogP contribution in [0.1, 0.15) is 34.2 Å². The number of benzene rings is 1. The van der Waals surface area contributed by atoms with Crippen LogP contribution in [-0.4, -0.2) is 29.9 Å². The molecule has 3 aromatic heterocycles. The van der Waals surface area contributed by atoms with Crippen LogP contribution in [0, 0.1) is 56.7 Å². The summed E-state index contributed by atoms with van der Waals surface area (Å²) in [6.45, 7) is -0.0946. The Kier molecular flexibility index (Phi) is 4.01. The van der Waals surface area contributed by atoms with E-state index in [9.17, 15) is 26.3 Å². The molecule has 12 heteroatoms. The molecule has 136 valence electrons. The van der Waals surface area contributed by atoms with Gasteiger partial charge in [0.05, 0.1) is 5.69 Å². The summed E-state index contributed by atoms with van der Waals surface area (Å²) in [6, 6.07) is 9.03. The molecule has 0 aliphatic heterocycles. The van der Waals surface area contributed by atoms with Crippen molar-refractivity contribution in [3.63, 3.8) is 0 Å². The number of hydrogen-bond acceptors (Lipinski definition) is 12. The van der Waals surface area contributed by atoms with Gasteiger partial charge in [0.25, 0.3) is 0 Å². The van der Waals surface area contributed by atoms with Gasteiger partial charge in [0.2, 0.25) is 0 Å². The number of rotatable bonds is 1. The van der Waals surface area contributed by atoms with Gasteiger partial charge in [-0.3, -0.25) is 0 Å². The standard InChI is InChI=1S/C18H4N12/c19-1-7-8(2-20)26-14-13(25-7)15-17(29-10(4-22)9(3-21)27-15)18-16(14)28-11(5-23)12(6-24)30-18/h1,19H2. The van der Waals surface area contributed by atoms with Crippen LogP contribution in [0.2, 0.25) is 0 Å². The van der Waals surface area contributed by atoms with E-state index < -0.39 is 0 Å². The smallest absolute Gasteiger partial charge is 0.177 e. The predicted octanol–water partition coefficient (Wildman–Crippen LogP) is 0.333. The van der Waals surface area contributed by atoms with E-state index in [0.717, 1.165) is 0 Å². The van der Waals surface area contributed by atoms with Crippen LogP contribution in [0.15, 0.2) is 0 Å². The molecule has 0 radical (unpaired) electrons. The molecule has 0 bridgehead atoms. The molecule has 0 spiro atoms. The van der Waals surface area contributed by atoms with Crippen molar-refractivity contribution in [2.75, 3.05) is 0 Å². The summed E-state index contributed by atoms with van der Waals surface area (Å²) in [5.74, 6) is 0. The summed E-state index contributed by atoms with van der Waals surface area (Å²) >= 11 is 0. The highest BCUT2D eigenvalue weighted by Crippen LogP contribution is 2.31. The second-order valence-electron chi connectivity index (χ2n) is 5.72. The third-order valence-electron chi connectivity index (χ3n) is 4.16.